The van der Waals surface area contributed by atoms with Gasteiger partial charge >= 0.3 is 6.03 Å². The summed E-state index contributed by atoms with van der Waals surface area (Å²) in [5, 5.41) is 6.92. The maximum atomic E-state index is 12.2. The number of nitrogens with two attached hydrogens (primary N) is 1. The Morgan fingerprint density at radius 3 is 2.71 bits per heavy atom. The van der Waals surface area contributed by atoms with Gasteiger partial charge in [0.25, 0.3) is 0 Å². The molecule has 0 aliphatic carbocycles. The van der Waals surface area contributed by atoms with Gasteiger partial charge < -0.3 is 5.73 Å². The lowest BCUT2D eigenvalue weighted by Gasteiger charge is -2.11. The number of carbonyl (C=O) groups excluding carboxylic acids is 1. The highest BCUT2D eigenvalue weighted by molar-refractivity contribution is 7.11. The van der Waals surface area contributed by atoms with Crippen molar-refractivity contribution in [1.82, 2.24) is 4.90 Å². The monoisotopic (exact) mass is 215 g/mol. The van der Waals surface area contributed by atoms with Gasteiger partial charge in [0.1, 0.15) is 6.67 Å². The third kappa shape index (κ3) is 2.53. The quantitative estimate of drug-likeness (QED) is 0.582. The Bertz CT molecular complexity index is 339. The standard InChI is InChI=1S/C8H10FN3OS/c9-3-6-1-2-7(14-6)4-12(5-10)8(11)13/h1-2,5,10H,3-4H2,(H2,11,13). The molecular weight excluding hydrogens is 205 g/mol. The molecular formula is C8H10FN3OS. The van der Waals surface area contributed by atoms with Crippen molar-refractivity contribution < 1.29 is 9.18 Å². The number of amides is 2. The van der Waals surface area contributed by atoms with Crippen LogP contribution < -0.4 is 5.73 Å². The van der Waals surface area contributed by atoms with Crippen LogP contribution in [0.1, 0.15) is 9.75 Å². The van der Waals surface area contributed by atoms with Gasteiger partial charge in [-0.2, -0.15) is 0 Å². The van der Waals surface area contributed by atoms with Gasteiger partial charge in [0.15, 0.2) is 0 Å². The molecule has 1 heterocycles. The number of alkyl halides is 1. The second kappa shape index (κ2) is 4.71. The number of urea groups is 1. The minimum atomic E-state index is -0.685. The third-order valence-electron chi connectivity index (χ3n) is 1.61. The minimum Gasteiger partial charge on any atom is -0.351 e. The summed E-state index contributed by atoms with van der Waals surface area (Å²) in [5.74, 6) is 0. The summed E-state index contributed by atoms with van der Waals surface area (Å²) in [6.45, 7) is -0.282. The SMILES string of the molecule is N=CN(Cc1ccc(CF)s1)C(N)=O. The lowest BCUT2D eigenvalue weighted by molar-refractivity contribution is 0.230. The highest BCUT2D eigenvalue weighted by Crippen LogP contribution is 2.18. The molecule has 0 radical (unpaired) electrons. The lowest BCUT2D eigenvalue weighted by atomic mass is 10.4. The van der Waals surface area contributed by atoms with Crippen LogP contribution in [-0.2, 0) is 13.2 Å². The van der Waals surface area contributed by atoms with E-state index in [2.05, 4.69) is 0 Å². The summed E-state index contributed by atoms with van der Waals surface area (Å²) in [5.41, 5.74) is 5.00. The zero-order chi connectivity index (χ0) is 10.6. The summed E-state index contributed by atoms with van der Waals surface area (Å²) in [7, 11) is 0. The molecule has 0 spiro atoms. The minimum absolute atomic E-state index is 0.226. The molecule has 0 unspecified atom stereocenters. The molecule has 6 heteroatoms. The normalized spacial score (nSPS) is 9.79. The molecule has 0 fully saturated rings. The van der Waals surface area contributed by atoms with Gasteiger partial charge in [-0.15, -0.1) is 11.3 Å². The van der Waals surface area contributed by atoms with E-state index in [4.69, 9.17) is 11.1 Å². The molecule has 0 saturated carbocycles. The average Bonchev–Trinajstić information content (AvgIpc) is 2.61. The second-order valence-electron chi connectivity index (χ2n) is 2.60. The molecule has 4 nitrogen and oxygen atoms in total. The summed E-state index contributed by atoms with van der Waals surface area (Å²) >= 11 is 1.27. The molecule has 0 aromatic carbocycles. The van der Waals surface area contributed by atoms with Gasteiger partial charge in [-0.05, 0) is 12.1 Å². The molecule has 0 bridgehead atoms. The fourth-order valence-electron chi connectivity index (χ4n) is 0.934. The number of nitrogens with zero attached hydrogens (tertiary/aromatic N) is 1. The number of hydrogen-bond donors (Lipinski definition) is 2. The number of hydrogen-bond acceptors (Lipinski definition) is 3. The fourth-order valence-corrected chi connectivity index (χ4v) is 1.80. The Hall–Kier alpha value is -1.43. The van der Waals surface area contributed by atoms with Crippen LogP contribution in [0, 0.1) is 5.41 Å². The molecule has 1 aromatic rings. The van der Waals surface area contributed by atoms with Gasteiger partial charge in [-0.25, -0.2) is 9.18 Å². The van der Waals surface area contributed by atoms with E-state index >= 15 is 0 Å². The van der Waals surface area contributed by atoms with Crippen LogP contribution in [0.3, 0.4) is 0 Å². The number of carbonyl (C=O) groups is 1. The summed E-state index contributed by atoms with van der Waals surface area (Å²) in [6.07, 6.45) is 0.858. The summed E-state index contributed by atoms with van der Waals surface area (Å²) < 4.78 is 12.2. The van der Waals surface area contributed by atoms with Crippen molar-refractivity contribution in [3.8, 4) is 0 Å². The maximum absolute atomic E-state index is 12.2. The van der Waals surface area contributed by atoms with E-state index in [0.717, 1.165) is 16.1 Å². The first-order valence-electron chi connectivity index (χ1n) is 3.87. The van der Waals surface area contributed by atoms with Crippen LogP contribution in [0.5, 0.6) is 0 Å². The van der Waals surface area contributed by atoms with E-state index in [0.29, 0.717) is 4.88 Å². The third-order valence-corrected chi connectivity index (χ3v) is 2.65. The molecule has 14 heavy (non-hydrogen) atoms. The van der Waals surface area contributed by atoms with E-state index < -0.39 is 12.7 Å². The van der Waals surface area contributed by atoms with Gasteiger partial charge in [0.2, 0.25) is 0 Å². The number of rotatable bonds is 4. The summed E-state index contributed by atoms with van der Waals surface area (Å²) in [6, 6.07) is 2.69. The first-order chi connectivity index (χ1) is 6.67. The van der Waals surface area contributed by atoms with Crippen LogP contribution in [0.2, 0.25) is 0 Å². The average molecular weight is 215 g/mol. The Labute approximate surface area is 84.6 Å². The molecule has 0 saturated heterocycles. The van der Waals surface area contributed by atoms with E-state index in [1.165, 1.54) is 11.3 Å². The molecule has 2 amide bonds. The summed E-state index contributed by atoms with van der Waals surface area (Å²) in [4.78, 5) is 13.2. The van der Waals surface area contributed by atoms with E-state index in [9.17, 15) is 9.18 Å². The van der Waals surface area contributed by atoms with Crippen molar-refractivity contribution in [2.45, 2.75) is 13.2 Å². The van der Waals surface area contributed by atoms with Crippen LogP contribution in [-0.4, -0.2) is 17.3 Å². The van der Waals surface area contributed by atoms with E-state index in [1.807, 2.05) is 0 Å². The predicted molar refractivity (Wildman–Crippen MR) is 53.0 cm³/mol. The number of halogens is 1. The Kier molecular flexibility index (Phi) is 3.58. The van der Waals surface area contributed by atoms with Crippen LogP contribution >= 0.6 is 11.3 Å². The van der Waals surface area contributed by atoms with Crippen LogP contribution in [0.4, 0.5) is 9.18 Å². The van der Waals surface area contributed by atoms with Crippen molar-refractivity contribution >= 4 is 23.7 Å². The van der Waals surface area contributed by atoms with Gasteiger partial charge in [0.05, 0.1) is 12.9 Å². The predicted octanol–water partition coefficient (Wildman–Crippen LogP) is 1.71. The molecule has 0 aliphatic heterocycles. The number of thiophene rings is 1. The molecule has 0 aliphatic rings. The largest absolute Gasteiger partial charge is 0.351 e. The highest BCUT2D eigenvalue weighted by atomic mass is 32.1. The van der Waals surface area contributed by atoms with Crippen molar-refractivity contribution in [1.29, 1.82) is 5.41 Å². The first kappa shape index (κ1) is 10.6. The van der Waals surface area contributed by atoms with E-state index in [-0.39, 0.29) is 6.54 Å². The lowest BCUT2D eigenvalue weighted by Crippen LogP contribution is -2.33. The molecule has 1 rings (SSSR count). The molecule has 0 atom stereocenters. The van der Waals surface area contributed by atoms with E-state index in [1.54, 1.807) is 12.1 Å². The maximum Gasteiger partial charge on any atom is 0.320 e. The number of nitrogens with one attached hydrogen (secondary N) is 1. The fraction of sp³-hybridized carbons (Fsp3) is 0.250. The van der Waals surface area contributed by atoms with Crippen LogP contribution in [0.25, 0.3) is 0 Å². The van der Waals surface area contributed by atoms with Crippen molar-refractivity contribution in [3.05, 3.63) is 21.9 Å². The van der Waals surface area contributed by atoms with Gasteiger partial charge in [-0.3, -0.25) is 10.3 Å². The van der Waals surface area contributed by atoms with Crippen LogP contribution in [0.15, 0.2) is 12.1 Å². The van der Waals surface area contributed by atoms with Gasteiger partial charge in [-0.1, -0.05) is 0 Å². The molecule has 1 aromatic heterocycles. The van der Waals surface area contributed by atoms with Crippen molar-refractivity contribution in [3.63, 3.8) is 0 Å². The first-order valence-corrected chi connectivity index (χ1v) is 4.69. The zero-order valence-electron chi connectivity index (χ0n) is 7.37. The van der Waals surface area contributed by atoms with Crippen molar-refractivity contribution in [2.75, 3.05) is 0 Å². The topological polar surface area (TPSA) is 70.2 Å². The molecule has 3 N–H and O–H groups in total. The smallest absolute Gasteiger partial charge is 0.320 e. The Morgan fingerprint density at radius 2 is 2.29 bits per heavy atom. The number of primary amides is 1. The zero-order valence-corrected chi connectivity index (χ0v) is 8.18. The van der Waals surface area contributed by atoms with Gasteiger partial charge in [0, 0.05) is 9.75 Å². The highest BCUT2D eigenvalue weighted by Gasteiger charge is 2.08. The van der Waals surface area contributed by atoms with Crippen molar-refractivity contribution in [2.24, 2.45) is 5.73 Å². The second-order valence-corrected chi connectivity index (χ2v) is 3.85. The molecule has 76 valence electrons. The Morgan fingerprint density at radius 1 is 1.64 bits per heavy atom. The Balaban J connectivity index is 2.67.